The molecule has 0 aliphatic heterocycles. The number of halogens is 3. The quantitative estimate of drug-likeness (QED) is 0.785. The second kappa shape index (κ2) is 4.81. The highest BCUT2D eigenvalue weighted by Gasteiger charge is 2.31. The summed E-state index contributed by atoms with van der Waals surface area (Å²) < 4.78 is 40.0. The summed E-state index contributed by atoms with van der Waals surface area (Å²) >= 11 is 1.29. The van der Waals surface area contributed by atoms with Gasteiger partial charge in [-0.25, -0.2) is 0 Å². The van der Waals surface area contributed by atoms with Crippen LogP contribution in [-0.2, 0) is 0 Å². The Bertz CT molecular complexity index is 560. The number of rotatable bonds is 3. The maximum atomic E-state index is 12.1. The average molecular weight is 272 g/mol. The summed E-state index contributed by atoms with van der Waals surface area (Å²) in [7, 11) is 0. The van der Waals surface area contributed by atoms with Gasteiger partial charge in [0.25, 0.3) is 0 Å². The lowest BCUT2D eigenvalue weighted by molar-refractivity contribution is -0.274. The van der Waals surface area contributed by atoms with Gasteiger partial charge >= 0.3 is 6.36 Å². The zero-order chi connectivity index (χ0) is 13.2. The van der Waals surface area contributed by atoms with E-state index < -0.39 is 6.36 Å². The van der Waals surface area contributed by atoms with Gasteiger partial charge in [-0.3, -0.25) is 4.79 Å². The molecule has 0 unspecified atom stereocenters. The van der Waals surface area contributed by atoms with E-state index in [1.807, 2.05) is 0 Å². The smallest absolute Gasteiger partial charge is 0.406 e. The number of carbonyl (C=O) groups excluding carboxylic acids is 1. The Morgan fingerprint density at radius 3 is 2.61 bits per heavy atom. The normalized spacial score (nSPS) is 11.3. The summed E-state index contributed by atoms with van der Waals surface area (Å²) in [6.07, 6.45) is -4.02. The molecule has 0 bridgehead atoms. The number of thiophene rings is 1. The summed E-state index contributed by atoms with van der Waals surface area (Å²) in [6.45, 7) is 0. The molecule has 2 aromatic rings. The molecule has 0 atom stereocenters. The Kier molecular flexibility index (Phi) is 3.38. The van der Waals surface area contributed by atoms with Gasteiger partial charge in [0.05, 0.1) is 0 Å². The summed E-state index contributed by atoms with van der Waals surface area (Å²) in [4.78, 5) is 11.3. The fraction of sp³-hybridized carbons (Fsp3) is 0.0833. The molecule has 2 rings (SSSR count). The van der Waals surface area contributed by atoms with E-state index in [1.54, 1.807) is 17.5 Å². The molecule has 1 aromatic heterocycles. The second-order valence-corrected chi connectivity index (χ2v) is 4.35. The van der Waals surface area contributed by atoms with E-state index in [0.717, 1.165) is 0 Å². The lowest BCUT2D eigenvalue weighted by atomic mass is 10.1. The van der Waals surface area contributed by atoms with Crippen molar-refractivity contribution in [2.45, 2.75) is 6.36 Å². The monoisotopic (exact) mass is 272 g/mol. The summed E-state index contributed by atoms with van der Waals surface area (Å²) in [6, 6.07) is 7.25. The zero-order valence-electron chi connectivity index (χ0n) is 8.90. The highest BCUT2D eigenvalue weighted by atomic mass is 32.1. The van der Waals surface area contributed by atoms with Gasteiger partial charge in [-0.2, -0.15) is 0 Å². The third kappa shape index (κ3) is 3.10. The van der Waals surface area contributed by atoms with Crippen LogP contribution in [0.3, 0.4) is 0 Å². The molecule has 0 amide bonds. The lowest BCUT2D eigenvalue weighted by Crippen LogP contribution is -2.17. The molecule has 1 heterocycles. The summed E-state index contributed by atoms with van der Waals surface area (Å²) in [5.74, 6) is -0.277. The van der Waals surface area contributed by atoms with E-state index in [-0.39, 0.29) is 5.75 Å². The van der Waals surface area contributed by atoms with Crippen molar-refractivity contribution in [1.82, 2.24) is 0 Å². The van der Waals surface area contributed by atoms with Crippen LogP contribution in [0.25, 0.3) is 10.4 Å². The van der Waals surface area contributed by atoms with Crippen LogP contribution in [0.1, 0.15) is 10.4 Å². The lowest BCUT2D eigenvalue weighted by Gasteiger charge is -2.09. The van der Waals surface area contributed by atoms with Crippen LogP contribution < -0.4 is 4.74 Å². The van der Waals surface area contributed by atoms with Gasteiger partial charge in [0.15, 0.2) is 6.29 Å². The van der Waals surface area contributed by atoms with E-state index in [4.69, 9.17) is 0 Å². The molecule has 0 spiro atoms. The molecule has 18 heavy (non-hydrogen) atoms. The first-order valence-corrected chi connectivity index (χ1v) is 5.76. The predicted octanol–water partition coefficient (Wildman–Crippen LogP) is 4.13. The van der Waals surface area contributed by atoms with Crippen LogP contribution in [0, 0.1) is 0 Å². The van der Waals surface area contributed by atoms with Gasteiger partial charge in [0, 0.05) is 15.8 Å². The topological polar surface area (TPSA) is 26.3 Å². The van der Waals surface area contributed by atoms with Crippen LogP contribution in [0.4, 0.5) is 13.2 Å². The van der Waals surface area contributed by atoms with E-state index in [1.165, 1.54) is 29.5 Å². The van der Waals surface area contributed by atoms with Gasteiger partial charge < -0.3 is 4.74 Å². The Morgan fingerprint density at radius 1 is 1.22 bits per heavy atom. The van der Waals surface area contributed by atoms with E-state index >= 15 is 0 Å². The average Bonchev–Trinajstić information content (AvgIpc) is 2.75. The molecule has 0 aliphatic carbocycles. The third-order valence-corrected chi connectivity index (χ3v) is 3.11. The molecule has 0 aliphatic rings. The highest BCUT2D eigenvalue weighted by molar-refractivity contribution is 7.13. The van der Waals surface area contributed by atoms with Gasteiger partial charge in [0.1, 0.15) is 5.75 Å². The van der Waals surface area contributed by atoms with Gasteiger partial charge in [-0.05, 0) is 23.8 Å². The van der Waals surface area contributed by atoms with Gasteiger partial charge in [0.2, 0.25) is 0 Å². The van der Waals surface area contributed by atoms with Crippen molar-refractivity contribution in [3.8, 4) is 16.2 Å². The number of alkyl halides is 3. The number of aldehydes is 1. The minimum absolute atomic E-state index is 0.277. The van der Waals surface area contributed by atoms with Crippen molar-refractivity contribution in [2.24, 2.45) is 0 Å². The van der Waals surface area contributed by atoms with Crippen LogP contribution in [0.5, 0.6) is 5.75 Å². The molecule has 6 heteroatoms. The minimum atomic E-state index is -4.71. The zero-order valence-corrected chi connectivity index (χ0v) is 9.72. The van der Waals surface area contributed by atoms with Crippen molar-refractivity contribution in [3.63, 3.8) is 0 Å². The molecule has 1 aromatic carbocycles. The van der Waals surface area contributed by atoms with Crippen molar-refractivity contribution in [2.75, 3.05) is 0 Å². The largest absolute Gasteiger partial charge is 0.573 e. The van der Waals surface area contributed by atoms with E-state index in [9.17, 15) is 18.0 Å². The van der Waals surface area contributed by atoms with Gasteiger partial charge in [-0.1, -0.05) is 12.1 Å². The molecule has 0 N–H and O–H groups in total. The first kappa shape index (κ1) is 12.6. The van der Waals surface area contributed by atoms with Crippen molar-refractivity contribution < 1.29 is 22.7 Å². The maximum Gasteiger partial charge on any atom is 0.573 e. The standard InChI is InChI=1S/C12H7F3O2S/c13-12(14,15)17-10-3-1-2-9(5-10)11-4-8(6-16)7-18-11/h1-7H. The molecule has 0 fully saturated rings. The van der Waals surface area contributed by atoms with Crippen LogP contribution in [0.15, 0.2) is 35.7 Å². The van der Waals surface area contributed by atoms with Crippen LogP contribution >= 0.6 is 11.3 Å². The Morgan fingerprint density at radius 2 is 2.00 bits per heavy atom. The number of benzene rings is 1. The summed E-state index contributed by atoms with van der Waals surface area (Å²) in [5, 5.41) is 1.64. The second-order valence-electron chi connectivity index (χ2n) is 3.44. The fourth-order valence-corrected chi connectivity index (χ4v) is 2.26. The number of hydrogen-bond donors (Lipinski definition) is 0. The Balaban J connectivity index is 2.29. The predicted molar refractivity (Wildman–Crippen MR) is 61.8 cm³/mol. The molecule has 0 saturated carbocycles. The first-order valence-electron chi connectivity index (χ1n) is 4.88. The van der Waals surface area contributed by atoms with Crippen molar-refractivity contribution in [1.29, 1.82) is 0 Å². The van der Waals surface area contributed by atoms with E-state index in [0.29, 0.717) is 22.3 Å². The molecule has 2 nitrogen and oxygen atoms in total. The highest BCUT2D eigenvalue weighted by Crippen LogP contribution is 2.31. The Labute approximate surface area is 105 Å². The van der Waals surface area contributed by atoms with Gasteiger partial charge in [-0.15, -0.1) is 24.5 Å². The third-order valence-electron chi connectivity index (χ3n) is 2.11. The van der Waals surface area contributed by atoms with Crippen LogP contribution in [0.2, 0.25) is 0 Å². The van der Waals surface area contributed by atoms with Crippen LogP contribution in [-0.4, -0.2) is 12.6 Å². The number of hydrogen-bond acceptors (Lipinski definition) is 3. The minimum Gasteiger partial charge on any atom is -0.406 e. The van der Waals surface area contributed by atoms with Crippen molar-refractivity contribution >= 4 is 17.6 Å². The summed E-state index contributed by atoms with van der Waals surface area (Å²) in [5.41, 5.74) is 1.08. The van der Waals surface area contributed by atoms with Crippen molar-refractivity contribution in [3.05, 3.63) is 41.3 Å². The molecule has 94 valence electrons. The molecular weight excluding hydrogens is 265 g/mol. The van der Waals surface area contributed by atoms with E-state index in [2.05, 4.69) is 4.74 Å². The number of carbonyl (C=O) groups is 1. The molecule has 0 radical (unpaired) electrons. The molecular formula is C12H7F3O2S. The fourth-order valence-electron chi connectivity index (χ4n) is 1.41. The SMILES string of the molecule is O=Cc1csc(-c2cccc(OC(F)(F)F)c2)c1. The Hall–Kier alpha value is -1.82. The first-order chi connectivity index (χ1) is 8.48. The maximum absolute atomic E-state index is 12.1. The number of ether oxygens (including phenoxy) is 1. The molecule has 0 saturated heterocycles.